The molecule has 1 aromatic carbocycles. The van der Waals surface area contributed by atoms with Gasteiger partial charge in [0.05, 0.1) is 30.2 Å². The van der Waals surface area contributed by atoms with Gasteiger partial charge in [0.25, 0.3) is 6.43 Å². The molecule has 0 N–H and O–H groups in total. The van der Waals surface area contributed by atoms with Crippen molar-refractivity contribution in [2.24, 2.45) is 0 Å². The summed E-state index contributed by atoms with van der Waals surface area (Å²) in [6.07, 6.45) is -2.81. The van der Waals surface area contributed by atoms with Crippen molar-refractivity contribution in [3.05, 3.63) is 29.8 Å². The Kier molecular flexibility index (Phi) is 7.53. The SMILES string of the molecule is CCOC(=O)c1ccc(S(=O)(=O)N(CCOC)CC(F)F)cc1. The second-order valence-corrected chi connectivity index (χ2v) is 6.43. The first-order valence-corrected chi connectivity index (χ1v) is 8.31. The molecule has 0 bridgehead atoms. The smallest absolute Gasteiger partial charge is 0.338 e. The van der Waals surface area contributed by atoms with Crippen molar-refractivity contribution >= 4 is 16.0 Å². The fourth-order valence-corrected chi connectivity index (χ4v) is 3.19. The van der Waals surface area contributed by atoms with E-state index >= 15 is 0 Å². The zero-order valence-electron chi connectivity index (χ0n) is 12.9. The molecule has 0 amide bonds. The second kappa shape index (κ2) is 8.90. The number of halogens is 2. The van der Waals surface area contributed by atoms with Crippen molar-refractivity contribution in [3.8, 4) is 0 Å². The summed E-state index contributed by atoms with van der Waals surface area (Å²) in [5.41, 5.74) is 0.183. The summed E-state index contributed by atoms with van der Waals surface area (Å²) in [4.78, 5) is 11.4. The summed E-state index contributed by atoms with van der Waals surface area (Å²) in [6, 6.07) is 4.93. The van der Waals surface area contributed by atoms with Gasteiger partial charge in [0.2, 0.25) is 10.0 Å². The highest BCUT2D eigenvalue weighted by atomic mass is 32.2. The molecule has 0 aliphatic rings. The molecule has 1 rings (SSSR count). The number of carbonyl (C=O) groups is 1. The number of methoxy groups -OCH3 is 1. The fourth-order valence-electron chi connectivity index (χ4n) is 1.78. The number of hydrogen-bond acceptors (Lipinski definition) is 5. The maximum atomic E-state index is 12.6. The van der Waals surface area contributed by atoms with Crippen LogP contribution in [0.1, 0.15) is 17.3 Å². The lowest BCUT2D eigenvalue weighted by Crippen LogP contribution is -2.37. The Labute approximate surface area is 134 Å². The van der Waals surface area contributed by atoms with Crippen LogP contribution in [0.3, 0.4) is 0 Å². The zero-order chi connectivity index (χ0) is 17.5. The molecule has 0 saturated heterocycles. The molecular weight excluding hydrogens is 332 g/mol. The third-order valence-corrected chi connectivity index (χ3v) is 4.77. The predicted octanol–water partition coefficient (Wildman–Crippen LogP) is 1.77. The Morgan fingerprint density at radius 3 is 2.35 bits per heavy atom. The van der Waals surface area contributed by atoms with Crippen LogP contribution in [0.5, 0.6) is 0 Å². The van der Waals surface area contributed by atoms with Crippen molar-refractivity contribution in [2.45, 2.75) is 18.2 Å². The second-order valence-electron chi connectivity index (χ2n) is 4.49. The molecular formula is C14H19F2NO5S. The molecule has 0 radical (unpaired) electrons. The van der Waals surface area contributed by atoms with E-state index in [1.54, 1.807) is 6.92 Å². The van der Waals surface area contributed by atoms with E-state index in [-0.39, 0.29) is 30.2 Å². The third-order valence-electron chi connectivity index (χ3n) is 2.89. The minimum Gasteiger partial charge on any atom is -0.462 e. The van der Waals surface area contributed by atoms with Crippen LogP contribution < -0.4 is 0 Å². The van der Waals surface area contributed by atoms with Gasteiger partial charge in [-0.25, -0.2) is 22.0 Å². The van der Waals surface area contributed by atoms with Crippen LogP contribution >= 0.6 is 0 Å². The minimum absolute atomic E-state index is 0.00708. The number of ether oxygens (including phenoxy) is 2. The topological polar surface area (TPSA) is 72.9 Å². The molecule has 130 valence electrons. The third kappa shape index (κ3) is 5.52. The first-order valence-electron chi connectivity index (χ1n) is 6.87. The molecule has 0 heterocycles. The van der Waals surface area contributed by atoms with Crippen molar-refractivity contribution in [3.63, 3.8) is 0 Å². The maximum Gasteiger partial charge on any atom is 0.338 e. The van der Waals surface area contributed by atoms with E-state index in [2.05, 4.69) is 0 Å². The molecule has 6 nitrogen and oxygen atoms in total. The molecule has 0 unspecified atom stereocenters. The normalized spacial score (nSPS) is 11.9. The minimum atomic E-state index is -4.10. The summed E-state index contributed by atoms with van der Waals surface area (Å²) in [5, 5.41) is 0. The summed E-state index contributed by atoms with van der Waals surface area (Å²) in [5.74, 6) is -0.583. The van der Waals surface area contributed by atoms with Gasteiger partial charge < -0.3 is 9.47 Å². The van der Waals surface area contributed by atoms with Crippen LogP contribution in [0.15, 0.2) is 29.2 Å². The highest BCUT2D eigenvalue weighted by Crippen LogP contribution is 2.18. The Hall–Kier alpha value is -1.58. The molecule has 0 saturated carbocycles. The number of carbonyl (C=O) groups excluding carboxylic acids is 1. The molecule has 9 heteroatoms. The summed E-state index contributed by atoms with van der Waals surface area (Å²) < 4.78 is 60.2. The molecule has 0 fully saturated rings. The number of hydrogen-bond donors (Lipinski definition) is 0. The van der Waals surface area contributed by atoms with Crippen molar-refractivity contribution in [1.29, 1.82) is 0 Å². The summed E-state index contributed by atoms with van der Waals surface area (Å²) >= 11 is 0. The zero-order valence-corrected chi connectivity index (χ0v) is 13.7. The van der Waals surface area contributed by atoms with Crippen LogP contribution in [0.4, 0.5) is 8.78 Å². The van der Waals surface area contributed by atoms with Crippen LogP contribution in [0, 0.1) is 0 Å². The van der Waals surface area contributed by atoms with Crippen molar-refractivity contribution < 1.29 is 31.5 Å². The number of benzene rings is 1. The molecule has 23 heavy (non-hydrogen) atoms. The van der Waals surface area contributed by atoms with Crippen LogP contribution in [-0.4, -0.2) is 58.5 Å². The molecule has 0 aliphatic heterocycles. The van der Waals surface area contributed by atoms with Gasteiger partial charge in [-0.3, -0.25) is 0 Å². The number of alkyl halides is 2. The lowest BCUT2D eigenvalue weighted by atomic mass is 10.2. The van der Waals surface area contributed by atoms with Crippen molar-refractivity contribution in [1.82, 2.24) is 4.31 Å². The lowest BCUT2D eigenvalue weighted by Gasteiger charge is -2.21. The molecule has 0 atom stereocenters. The molecule has 0 aromatic heterocycles. The quantitative estimate of drug-likeness (QED) is 0.634. The van der Waals surface area contributed by atoms with Crippen LogP contribution in [0.2, 0.25) is 0 Å². The van der Waals surface area contributed by atoms with E-state index < -0.39 is 29.0 Å². The van der Waals surface area contributed by atoms with E-state index in [0.29, 0.717) is 4.31 Å². The highest BCUT2D eigenvalue weighted by molar-refractivity contribution is 7.89. The summed E-state index contributed by atoms with van der Waals surface area (Å²) in [7, 11) is -2.75. The van der Waals surface area contributed by atoms with Gasteiger partial charge in [0.1, 0.15) is 0 Å². The lowest BCUT2D eigenvalue weighted by molar-refractivity contribution is 0.0526. The largest absolute Gasteiger partial charge is 0.462 e. The van der Waals surface area contributed by atoms with Gasteiger partial charge in [-0.1, -0.05) is 0 Å². The van der Waals surface area contributed by atoms with Crippen LogP contribution in [-0.2, 0) is 19.5 Å². The monoisotopic (exact) mass is 351 g/mol. The first kappa shape index (κ1) is 19.5. The van der Waals surface area contributed by atoms with E-state index in [4.69, 9.17) is 9.47 Å². The molecule has 0 spiro atoms. The average Bonchev–Trinajstić information content (AvgIpc) is 2.51. The van der Waals surface area contributed by atoms with E-state index in [9.17, 15) is 22.0 Å². The van der Waals surface area contributed by atoms with Gasteiger partial charge in [0, 0.05) is 13.7 Å². The maximum absolute atomic E-state index is 12.6. The van der Waals surface area contributed by atoms with Gasteiger partial charge in [0.15, 0.2) is 0 Å². The Morgan fingerprint density at radius 1 is 1.26 bits per heavy atom. The number of nitrogens with zero attached hydrogens (tertiary/aromatic N) is 1. The standard InChI is InChI=1S/C14H19F2NO5S/c1-3-22-14(18)11-4-6-12(7-5-11)23(19,20)17(8-9-21-2)10-13(15)16/h4-7,13H,3,8-10H2,1-2H3. The van der Waals surface area contributed by atoms with E-state index in [1.165, 1.54) is 31.4 Å². The highest BCUT2D eigenvalue weighted by Gasteiger charge is 2.27. The number of esters is 1. The fraction of sp³-hybridized carbons (Fsp3) is 0.500. The Bertz CT molecular complexity index is 604. The summed E-state index contributed by atoms with van der Waals surface area (Å²) in [6.45, 7) is 0.716. The van der Waals surface area contributed by atoms with Gasteiger partial charge >= 0.3 is 5.97 Å². The first-order chi connectivity index (χ1) is 10.8. The van der Waals surface area contributed by atoms with Gasteiger partial charge in [-0.15, -0.1) is 0 Å². The van der Waals surface area contributed by atoms with E-state index in [1.807, 2.05) is 0 Å². The van der Waals surface area contributed by atoms with Crippen molar-refractivity contribution in [2.75, 3.05) is 33.4 Å². The van der Waals surface area contributed by atoms with Crippen LogP contribution in [0.25, 0.3) is 0 Å². The van der Waals surface area contributed by atoms with Gasteiger partial charge in [-0.05, 0) is 31.2 Å². The number of sulfonamides is 1. The Balaban J connectivity index is 3.02. The Morgan fingerprint density at radius 2 is 1.87 bits per heavy atom. The molecule has 0 aliphatic carbocycles. The average molecular weight is 351 g/mol. The predicted molar refractivity (Wildman–Crippen MR) is 79.0 cm³/mol. The van der Waals surface area contributed by atoms with E-state index in [0.717, 1.165) is 0 Å². The van der Waals surface area contributed by atoms with Gasteiger partial charge in [-0.2, -0.15) is 4.31 Å². The molecule has 1 aromatic rings. The number of rotatable bonds is 9.